The number of hydrogen-bond acceptors (Lipinski definition) is 3. The Kier molecular flexibility index (Phi) is 3.30. The molecule has 0 unspecified atom stereocenters. The summed E-state index contributed by atoms with van der Waals surface area (Å²) in [7, 11) is 0. The van der Waals surface area contributed by atoms with E-state index < -0.39 is 0 Å². The predicted octanol–water partition coefficient (Wildman–Crippen LogP) is 3.35. The second kappa shape index (κ2) is 5.30. The molecule has 1 aromatic carbocycles. The monoisotopic (exact) mass is 281 g/mol. The maximum Gasteiger partial charge on any atom is 0.0703 e. The molecule has 0 amide bonds. The zero-order chi connectivity index (χ0) is 14.1. The molecule has 110 valence electrons. The molecule has 3 heteroatoms. The topological polar surface area (TPSA) is 28.2 Å². The van der Waals surface area contributed by atoms with Crippen molar-refractivity contribution in [1.29, 1.82) is 0 Å². The number of hydrogen-bond donors (Lipinski definition) is 1. The van der Waals surface area contributed by atoms with Gasteiger partial charge >= 0.3 is 0 Å². The Bertz CT molecular complexity index is 626. The minimum absolute atomic E-state index is 0.362. The Morgan fingerprint density at radius 1 is 1.10 bits per heavy atom. The van der Waals surface area contributed by atoms with Crippen LogP contribution in [0.25, 0.3) is 10.9 Å². The van der Waals surface area contributed by atoms with E-state index in [1.165, 1.54) is 43.2 Å². The third kappa shape index (κ3) is 2.51. The van der Waals surface area contributed by atoms with Gasteiger partial charge in [-0.3, -0.25) is 4.98 Å². The second-order valence-corrected chi connectivity index (χ2v) is 6.57. The van der Waals surface area contributed by atoms with Crippen molar-refractivity contribution in [2.45, 2.75) is 37.6 Å². The Labute approximate surface area is 126 Å². The number of rotatable bonds is 1. The van der Waals surface area contributed by atoms with Gasteiger partial charge in [0.15, 0.2) is 0 Å². The highest BCUT2D eigenvalue weighted by atomic mass is 15.2. The largest absolute Gasteiger partial charge is 0.368 e. The van der Waals surface area contributed by atoms with Crippen LogP contribution in [0.1, 0.15) is 32.1 Å². The molecule has 0 atom stereocenters. The van der Waals surface area contributed by atoms with Crippen LogP contribution in [0.3, 0.4) is 0 Å². The van der Waals surface area contributed by atoms with Gasteiger partial charge in [-0.15, -0.1) is 0 Å². The van der Waals surface area contributed by atoms with E-state index in [1.807, 2.05) is 12.3 Å². The van der Waals surface area contributed by atoms with E-state index in [-0.39, 0.29) is 0 Å². The van der Waals surface area contributed by atoms with Gasteiger partial charge in [0.1, 0.15) is 0 Å². The van der Waals surface area contributed by atoms with Gasteiger partial charge in [0.05, 0.1) is 5.52 Å². The molecule has 1 saturated heterocycles. The molecule has 1 N–H and O–H groups in total. The molecule has 1 spiro atoms. The average molecular weight is 281 g/mol. The zero-order valence-corrected chi connectivity index (χ0v) is 12.5. The summed E-state index contributed by atoms with van der Waals surface area (Å²) in [5.74, 6) is 0. The number of anilines is 1. The Morgan fingerprint density at radius 3 is 2.90 bits per heavy atom. The number of aromatic nitrogens is 1. The van der Waals surface area contributed by atoms with Crippen molar-refractivity contribution < 1.29 is 0 Å². The summed E-state index contributed by atoms with van der Waals surface area (Å²) in [4.78, 5) is 6.98. The van der Waals surface area contributed by atoms with Crippen LogP contribution >= 0.6 is 0 Å². The molecule has 1 aliphatic carbocycles. The maximum atomic E-state index is 4.42. The number of benzene rings is 1. The summed E-state index contributed by atoms with van der Waals surface area (Å²) in [6.07, 6.45) is 8.69. The highest BCUT2D eigenvalue weighted by Gasteiger charge is 2.36. The van der Waals surface area contributed by atoms with Crippen LogP contribution in [-0.4, -0.2) is 30.2 Å². The number of pyridine rings is 1. The highest BCUT2D eigenvalue weighted by molar-refractivity contribution is 5.82. The first-order chi connectivity index (χ1) is 10.3. The molecule has 21 heavy (non-hydrogen) atoms. The minimum atomic E-state index is 0.362. The molecule has 0 bridgehead atoms. The van der Waals surface area contributed by atoms with Crippen LogP contribution in [0.15, 0.2) is 36.5 Å². The fourth-order valence-corrected chi connectivity index (χ4v) is 4.00. The molecule has 2 heterocycles. The third-order valence-electron chi connectivity index (χ3n) is 5.14. The fraction of sp³-hybridized carbons (Fsp3) is 0.500. The molecule has 4 rings (SSSR count). The van der Waals surface area contributed by atoms with Gasteiger partial charge in [0.2, 0.25) is 0 Å². The highest BCUT2D eigenvalue weighted by Crippen LogP contribution is 2.32. The summed E-state index contributed by atoms with van der Waals surface area (Å²) in [6.45, 7) is 3.36. The minimum Gasteiger partial charge on any atom is -0.368 e. The molecule has 3 nitrogen and oxygen atoms in total. The van der Waals surface area contributed by atoms with Gasteiger partial charge in [0, 0.05) is 42.4 Å². The van der Waals surface area contributed by atoms with Gasteiger partial charge in [-0.2, -0.15) is 0 Å². The van der Waals surface area contributed by atoms with Crippen molar-refractivity contribution in [3.8, 4) is 0 Å². The standard InChI is InChI=1S/C18H23N3/c1-2-8-18(9-3-1)14-21(12-11-20-18)16-6-7-17-15(13-16)5-4-10-19-17/h4-7,10,13,20H,1-3,8-9,11-12,14H2. The van der Waals surface area contributed by atoms with Gasteiger partial charge in [-0.05, 0) is 37.1 Å². The second-order valence-electron chi connectivity index (χ2n) is 6.57. The lowest BCUT2D eigenvalue weighted by molar-refractivity contribution is 0.216. The third-order valence-corrected chi connectivity index (χ3v) is 5.14. The predicted molar refractivity (Wildman–Crippen MR) is 87.8 cm³/mol. The van der Waals surface area contributed by atoms with E-state index in [9.17, 15) is 0 Å². The van der Waals surface area contributed by atoms with Crippen LogP contribution in [-0.2, 0) is 0 Å². The Hall–Kier alpha value is -1.61. The van der Waals surface area contributed by atoms with Crippen LogP contribution in [0.2, 0.25) is 0 Å². The van der Waals surface area contributed by atoms with Crippen molar-refractivity contribution in [2.75, 3.05) is 24.5 Å². The molecule has 2 fully saturated rings. The fourth-order valence-electron chi connectivity index (χ4n) is 4.00. The smallest absolute Gasteiger partial charge is 0.0703 e. The van der Waals surface area contributed by atoms with E-state index in [1.54, 1.807) is 0 Å². The number of nitrogens with zero attached hydrogens (tertiary/aromatic N) is 2. The quantitative estimate of drug-likeness (QED) is 0.869. The lowest BCUT2D eigenvalue weighted by atomic mass is 9.80. The first-order valence-electron chi connectivity index (χ1n) is 8.20. The average Bonchev–Trinajstić information content (AvgIpc) is 2.55. The first-order valence-corrected chi connectivity index (χ1v) is 8.20. The zero-order valence-electron chi connectivity index (χ0n) is 12.5. The number of fused-ring (bicyclic) bond motifs is 1. The molecular weight excluding hydrogens is 258 g/mol. The van der Waals surface area contributed by atoms with E-state index in [0.717, 1.165) is 25.2 Å². The lowest BCUT2D eigenvalue weighted by Gasteiger charge is -2.47. The van der Waals surface area contributed by atoms with Gasteiger partial charge in [-0.1, -0.05) is 25.3 Å². The Morgan fingerprint density at radius 2 is 2.00 bits per heavy atom. The molecular formula is C18H23N3. The van der Waals surface area contributed by atoms with Crippen molar-refractivity contribution in [1.82, 2.24) is 10.3 Å². The summed E-state index contributed by atoms with van der Waals surface area (Å²) in [5, 5.41) is 5.06. The van der Waals surface area contributed by atoms with Crippen molar-refractivity contribution in [3.05, 3.63) is 36.5 Å². The van der Waals surface area contributed by atoms with E-state index in [0.29, 0.717) is 5.54 Å². The maximum absolute atomic E-state index is 4.42. The molecule has 0 radical (unpaired) electrons. The van der Waals surface area contributed by atoms with Crippen LogP contribution in [0, 0.1) is 0 Å². The van der Waals surface area contributed by atoms with E-state index in [4.69, 9.17) is 0 Å². The van der Waals surface area contributed by atoms with E-state index in [2.05, 4.69) is 39.5 Å². The van der Waals surface area contributed by atoms with Crippen molar-refractivity contribution in [2.24, 2.45) is 0 Å². The normalized spacial score (nSPS) is 21.8. The van der Waals surface area contributed by atoms with E-state index >= 15 is 0 Å². The van der Waals surface area contributed by atoms with Gasteiger partial charge in [0.25, 0.3) is 0 Å². The summed E-state index contributed by atoms with van der Waals surface area (Å²) < 4.78 is 0. The van der Waals surface area contributed by atoms with Gasteiger partial charge < -0.3 is 10.2 Å². The summed E-state index contributed by atoms with van der Waals surface area (Å²) in [6, 6.07) is 10.9. The molecule has 1 saturated carbocycles. The molecule has 2 aromatic rings. The molecule has 2 aliphatic rings. The number of piperazine rings is 1. The molecule has 1 aliphatic heterocycles. The van der Waals surface area contributed by atoms with Gasteiger partial charge in [-0.25, -0.2) is 0 Å². The summed E-state index contributed by atoms with van der Waals surface area (Å²) in [5.41, 5.74) is 2.80. The van der Waals surface area contributed by atoms with Crippen molar-refractivity contribution >= 4 is 16.6 Å². The van der Waals surface area contributed by atoms with Crippen LogP contribution < -0.4 is 10.2 Å². The molecule has 1 aromatic heterocycles. The Balaban J connectivity index is 1.61. The lowest BCUT2D eigenvalue weighted by Crippen LogP contribution is -2.61. The SMILES string of the molecule is c1cnc2ccc(N3CCNC4(CCCCC4)C3)cc2c1. The summed E-state index contributed by atoms with van der Waals surface area (Å²) >= 11 is 0. The number of nitrogens with one attached hydrogen (secondary N) is 1. The van der Waals surface area contributed by atoms with Crippen LogP contribution in [0.5, 0.6) is 0 Å². The van der Waals surface area contributed by atoms with Crippen molar-refractivity contribution in [3.63, 3.8) is 0 Å². The first kappa shape index (κ1) is 13.1. The van der Waals surface area contributed by atoms with Crippen LogP contribution in [0.4, 0.5) is 5.69 Å².